The molecule has 1 unspecified atom stereocenters. The molecule has 1 aliphatic carbocycles. The van der Waals surface area contributed by atoms with Crippen LogP contribution in [-0.2, 0) is 19.4 Å². The highest BCUT2D eigenvalue weighted by Gasteiger charge is 2.32. The highest BCUT2D eigenvalue weighted by molar-refractivity contribution is 7.90. The third-order valence-electron chi connectivity index (χ3n) is 7.61. The summed E-state index contributed by atoms with van der Waals surface area (Å²) in [6.45, 7) is 4.13. The molecule has 0 bridgehead atoms. The molecule has 2 aliphatic rings. The quantitative estimate of drug-likeness (QED) is 0.237. The van der Waals surface area contributed by atoms with Crippen LogP contribution in [0.2, 0.25) is 0 Å². The van der Waals surface area contributed by atoms with Crippen molar-refractivity contribution < 1.29 is 31.1 Å². The molecule has 13 heteroatoms. The summed E-state index contributed by atoms with van der Waals surface area (Å²) in [4.78, 5) is 21.4. The van der Waals surface area contributed by atoms with E-state index in [9.17, 15) is 22.0 Å². The fourth-order valence-corrected chi connectivity index (χ4v) is 5.98. The predicted molar refractivity (Wildman–Crippen MR) is 153 cm³/mol. The number of benzene rings is 1. The Bertz CT molecular complexity index is 1770. The van der Waals surface area contributed by atoms with Gasteiger partial charge in [-0.15, -0.1) is 0 Å². The first kappa shape index (κ1) is 28.3. The van der Waals surface area contributed by atoms with Gasteiger partial charge in [-0.3, -0.25) is 9.36 Å². The van der Waals surface area contributed by atoms with Gasteiger partial charge in [-0.05, 0) is 75.8 Å². The number of imidazole rings is 1. The van der Waals surface area contributed by atoms with Crippen molar-refractivity contribution in [1.82, 2.24) is 14.5 Å². The zero-order valence-corrected chi connectivity index (χ0v) is 24.2. The number of sulfone groups is 1. The third kappa shape index (κ3) is 5.50. The van der Waals surface area contributed by atoms with Crippen LogP contribution in [-0.4, -0.2) is 41.7 Å². The Morgan fingerprint density at radius 2 is 1.86 bits per heavy atom. The summed E-state index contributed by atoms with van der Waals surface area (Å²) in [5.74, 6) is 0.526. The molecule has 2 N–H and O–H groups in total. The van der Waals surface area contributed by atoms with Crippen molar-refractivity contribution in [2.75, 3.05) is 23.5 Å². The van der Waals surface area contributed by atoms with E-state index in [4.69, 9.17) is 9.15 Å². The van der Waals surface area contributed by atoms with Crippen LogP contribution >= 0.6 is 0 Å². The van der Waals surface area contributed by atoms with E-state index in [0.29, 0.717) is 24.4 Å². The average molecular weight is 600 g/mol. The van der Waals surface area contributed by atoms with E-state index in [2.05, 4.69) is 20.6 Å². The molecule has 1 amide bonds. The topological polar surface area (TPSA) is 128 Å². The molecule has 4 aromatic rings. The first-order chi connectivity index (χ1) is 20.0. The molecule has 4 heterocycles. The zero-order chi connectivity index (χ0) is 29.8. The Balaban J connectivity index is 1.49. The Morgan fingerprint density at radius 3 is 2.48 bits per heavy atom. The number of ether oxygens (including phenoxy) is 1. The molecule has 2 fully saturated rings. The second-order valence-corrected chi connectivity index (χ2v) is 12.9. The molecule has 0 spiro atoms. The molecule has 1 aliphatic heterocycles. The number of anilines is 3. The van der Waals surface area contributed by atoms with E-state index in [-0.39, 0.29) is 45.1 Å². The number of fused-ring (bicyclic) bond motifs is 1. The molecule has 10 nitrogen and oxygen atoms in total. The van der Waals surface area contributed by atoms with Gasteiger partial charge in [0.2, 0.25) is 5.91 Å². The Morgan fingerprint density at radius 1 is 1.07 bits per heavy atom. The molecule has 0 radical (unpaired) electrons. The number of amides is 1. The van der Waals surface area contributed by atoms with Gasteiger partial charge in [0.05, 0.1) is 16.3 Å². The molecule has 6 rings (SSSR count). The van der Waals surface area contributed by atoms with Crippen LogP contribution in [0.5, 0.6) is 0 Å². The van der Waals surface area contributed by atoms with Gasteiger partial charge >= 0.3 is 0 Å². The number of rotatable bonds is 8. The standard InChI is InChI=1S/C29H31F2N5O5S/c1-15-12-21(41-16(15)2)18-9-10-19(22(13-18)42(3,38)39)32-20-14-23(34-29(37)17-7-8-17)33-27-25(20)35-28(26(30)31)36(27)24-6-4-5-11-40-24/h9-10,12-14,17,24,26H,4-8,11H2,1-3H3,(H2,32,33,34,37). The van der Waals surface area contributed by atoms with E-state index in [1.165, 1.54) is 16.7 Å². The Hall–Kier alpha value is -3.84. The van der Waals surface area contributed by atoms with Crippen LogP contribution in [0.15, 0.2) is 39.6 Å². The minimum Gasteiger partial charge on any atom is -0.461 e. The van der Waals surface area contributed by atoms with Crippen molar-refractivity contribution in [3.8, 4) is 11.3 Å². The molecule has 42 heavy (non-hydrogen) atoms. The number of furan rings is 1. The van der Waals surface area contributed by atoms with Crippen molar-refractivity contribution in [2.24, 2.45) is 5.92 Å². The maximum absolute atomic E-state index is 14.3. The van der Waals surface area contributed by atoms with Gasteiger partial charge in [0.1, 0.15) is 29.1 Å². The number of carbonyl (C=O) groups is 1. The second-order valence-electron chi connectivity index (χ2n) is 10.9. The maximum atomic E-state index is 14.3. The van der Waals surface area contributed by atoms with Gasteiger partial charge in [-0.25, -0.2) is 27.2 Å². The van der Waals surface area contributed by atoms with Gasteiger partial charge in [0.15, 0.2) is 21.3 Å². The Kier molecular flexibility index (Phi) is 7.26. The summed E-state index contributed by atoms with van der Waals surface area (Å²) in [5.41, 5.74) is 2.12. The fourth-order valence-electron chi connectivity index (χ4n) is 5.12. The lowest BCUT2D eigenvalue weighted by Crippen LogP contribution is -2.21. The van der Waals surface area contributed by atoms with Gasteiger partial charge in [-0.2, -0.15) is 0 Å². The number of aromatic nitrogens is 3. The largest absolute Gasteiger partial charge is 0.461 e. The van der Waals surface area contributed by atoms with E-state index >= 15 is 0 Å². The summed E-state index contributed by atoms with van der Waals surface area (Å²) < 4.78 is 67.4. The summed E-state index contributed by atoms with van der Waals surface area (Å²) in [6.07, 6.45) is 1.10. The van der Waals surface area contributed by atoms with Crippen molar-refractivity contribution >= 4 is 44.1 Å². The fraction of sp³-hybridized carbons (Fsp3) is 0.414. The van der Waals surface area contributed by atoms with Crippen molar-refractivity contribution in [2.45, 2.75) is 63.5 Å². The lowest BCUT2D eigenvalue weighted by atomic mass is 10.1. The molecular formula is C29H31F2N5O5S. The Labute approximate surface area is 241 Å². The number of aryl methyl sites for hydroxylation is 2. The minimum atomic E-state index is -3.76. The number of nitrogens with one attached hydrogen (secondary N) is 2. The van der Waals surface area contributed by atoms with Crippen LogP contribution in [0.4, 0.5) is 26.0 Å². The number of hydrogen-bond donors (Lipinski definition) is 2. The van der Waals surface area contributed by atoms with E-state index in [0.717, 1.165) is 43.3 Å². The van der Waals surface area contributed by atoms with Crippen LogP contribution in [0, 0.1) is 19.8 Å². The second kappa shape index (κ2) is 10.8. The van der Waals surface area contributed by atoms with Crippen LogP contribution < -0.4 is 10.6 Å². The van der Waals surface area contributed by atoms with Gasteiger partial charge < -0.3 is 19.8 Å². The highest BCUT2D eigenvalue weighted by atomic mass is 32.2. The molecule has 222 valence electrons. The number of halogens is 2. The van der Waals surface area contributed by atoms with Crippen molar-refractivity contribution in [3.63, 3.8) is 0 Å². The third-order valence-corrected chi connectivity index (χ3v) is 8.75. The molecule has 1 aromatic carbocycles. The van der Waals surface area contributed by atoms with Crippen LogP contribution in [0.25, 0.3) is 22.5 Å². The van der Waals surface area contributed by atoms with E-state index in [1.54, 1.807) is 12.1 Å². The molecule has 1 saturated heterocycles. The lowest BCUT2D eigenvalue weighted by molar-refractivity contribution is -0.117. The van der Waals surface area contributed by atoms with Gasteiger partial charge in [-0.1, -0.05) is 0 Å². The average Bonchev–Trinajstić information content (AvgIpc) is 3.65. The molecule has 1 atom stereocenters. The first-order valence-electron chi connectivity index (χ1n) is 13.8. The summed E-state index contributed by atoms with van der Waals surface area (Å²) in [5, 5.41) is 5.88. The first-order valence-corrected chi connectivity index (χ1v) is 15.7. The number of alkyl halides is 2. The van der Waals surface area contributed by atoms with E-state index < -0.39 is 28.3 Å². The summed E-state index contributed by atoms with van der Waals surface area (Å²) >= 11 is 0. The maximum Gasteiger partial charge on any atom is 0.295 e. The predicted octanol–water partition coefficient (Wildman–Crippen LogP) is 6.44. The minimum absolute atomic E-state index is 0.0237. The zero-order valence-electron chi connectivity index (χ0n) is 23.4. The molecular weight excluding hydrogens is 568 g/mol. The normalized spacial score (nSPS) is 17.6. The molecule has 1 saturated carbocycles. The van der Waals surface area contributed by atoms with Gasteiger partial charge in [0.25, 0.3) is 6.43 Å². The van der Waals surface area contributed by atoms with Crippen LogP contribution in [0.3, 0.4) is 0 Å². The lowest BCUT2D eigenvalue weighted by Gasteiger charge is -2.25. The highest BCUT2D eigenvalue weighted by Crippen LogP contribution is 2.39. The monoisotopic (exact) mass is 599 g/mol. The number of carbonyl (C=O) groups excluding carboxylic acids is 1. The number of hydrogen-bond acceptors (Lipinski definition) is 8. The molecule has 3 aromatic heterocycles. The summed E-state index contributed by atoms with van der Waals surface area (Å²) in [6, 6.07) is 8.11. The van der Waals surface area contributed by atoms with E-state index in [1.807, 2.05) is 19.9 Å². The SMILES string of the molecule is Cc1cc(-c2ccc(Nc3cc(NC(=O)C4CC4)nc4c3nc(C(F)F)n4C3CCCCO3)c(S(C)(=O)=O)c2)oc1C. The smallest absolute Gasteiger partial charge is 0.295 e. The number of pyridine rings is 1. The van der Waals surface area contributed by atoms with Gasteiger partial charge in [0, 0.05) is 30.4 Å². The van der Waals surface area contributed by atoms with Crippen molar-refractivity contribution in [3.05, 3.63) is 47.5 Å². The summed E-state index contributed by atoms with van der Waals surface area (Å²) in [7, 11) is -3.76. The number of nitrogens with zero attached hydrogens (tertiary/aromatic N) is 3. The van der Waals surface area contributed by atoms with Crippen LogP contribution in [0.1, 0.15) is 61.9 Å². The van der Waals surface area contributed by atoms with Crippen molar-refractivity contribution in [1.29, 1.82) is 0 Å².